The van der Waals surface area contributed by atoms with E-state index in [9.17, 15) is 9.59 Å². The molecule has 0 aliphatic carbocycles. The van der Waals surface area contributed by atoms with Crippen molar-refractivity contribution in [1.82, 2.24) is 14.8 Å². The molecule has 0 N–H and O–H groups in total. The molecule has 7 heteroatoms. The van der Waals surface area contributed by atoms with Crippen molar-refractivity contribution in [2.45, 2.75) is 51.6 Å². The van der Waals surface area contributed by atoms with Gasteiger partial charge >= 0.3 is 0 Å². The molecule has 2 aliphatic heterocycles. The Balaban J connectivity index is 1.58. The second kappa shape index (κ2) is 12.1. The summed E-state index contributed by atoms with van der Waals surface area (Å²) in [5.74, 6) is 0.127. The maximum absolute atomic E-state index is 13.4. The van der Waals surface area contributed by atoms with E-state index in [1.165, 1.54) is 0 Å². The topological polar surface area (TPSA) is 66.0 Å². The lowest BCUT2D eigenvalue weighted by molar-refractivity contribution is -0.131. The van der Waals surface area contributed by atoms with E-state index < -0.39 is 0 Å². The van der Waals surface area contributed by atoms with Crippen molar-refractivity contribution < 1.29 is 14.3 Å². The lowest BCUT2D eigenvalue weighted by atomic mass is 10.1. The van der Waals surface area contributed by atoms with Gasteiger partial charge < -0.3 is 19.4 Å². The van der Waals surface area contributed by atoms with Crippen LogP contribution in [-0.4, -0.2) is 72.0 Å². The zero-order valence-electron chi connectivity index (χ0n) is 20.2. The number of nitrogens with zero attached hydrogens (tertiary/aromatic N) is 4. The van der Waals surface area contributed by atoms with E-state index in [-0.39, 0.29) is 11.8 Å². The number of hydrogen-bond donors (Lipinski definition) is 0. The molecule has 1 aromatic carbocycles. The van der Waals surface area contributed by atoms with Crippen LogP contribution in [-0.2, 0) is 27.3 Å². The molecule has 0 radical (unpaired) electrons. The Morgan fingerprint density at radius 2 is 1.76 bits per heavy atom. The summed E-state index contributed by atoms with van der Waals surface area (Å²) in [6.07, 6.45) is 7.75. The monoisotopic (exact) mass is 464 g/mol. The summed E-state index contributed by atoms with van der Waals surface area (Å²) in [4.78, 5) is 36.6. The standard InChI is InChI=1S/C27H36N4O3/c1-22(32)31-16-6-14-29(25-10-17-34-18-11-25)13-5-15-30(21-24-8-2-3-9-26(24)31)27(33)19-23-7-4-12-28-20-23/h2-4,7-9,12,20,25H,5-6,10-11,13-19,21H2,1H3. The lowest BCUT2D eigenvalue weighted by Crippen LogP contribution is -2.44. The van der Waals surface area contributed by atoms with E-state index in [1.807, 2.05) is 46.2 Å². The molecule has 34 heavy (non-hydrogen) atoms. The van der Waals surface area contributed by atoms with Gasteiger partial charge in [0, 0.05) is 77.0 Å². The normalized spacial score (nSPS) is 19.1. The first-order valence-corrected chi connectivity index (χ1v) is 12.5. The molecule has 1 saturated heterocycles. The van der Waals surface area contributed by atoms with Crippen LogP contribution in [0.5, 0.6) is 0 Å². The van der Waals surface area contributed by atoms with Gasteiger partial charge in [0.15, 0.2) is 0 Å². The Labute approximate surface area is 202 Å². The Kier molecular flexibility index (Phi) is 8.66. The highest BCUT2D eigenvalue weighted by molar-refractivity contribution is 5.92. The first-order valence-electron chi connectivity index (χ1n) is 12.5. The van der Waals surface area contributed by atoms with E-state index in [0.29, 0.717) is 32.1 Å². The van der Waals surface area contributed by atoms with E-state index in [4.69, 9.17) is 4.74 Å². The molecular weight excluding hydrogens is 428 g/mol. The van der Waals surface area contributed by atoms with E-state index in [1.54, 1.807) is 19.3 Å². The number of hydrogen-bond acceptors (Lipinski definition) is 5. The lowest BCUT2D eigenvalue weighted by Gasteiger charge is -2.36. The number of carbonyl (C=O) groups is 2. The Bertz CT molecular complexity index is 946. The number of para-hydroxylation sites is 1. The number of pyridine rings is 1. The van der Waals surface area contributed by atoms with Crippen LogP contribution in [0.2, 0.25) is 0 Å². The SMILES string of the molecule is CC(=O)N1CCCN(C2CCOCC2)CCCN(C(=O)Cc2cccnc2)Cc2ccccc21. The number of ether oxygens (including phenoxy) is 1. The Morgan fingerprint density at radius 3 is 2.50 bits per heavy atom. The van der Waals surface area contributed by atoms with Crippen molar-refractivity contribution in [2.24, 2.45) is 0 Å². The van der Waals surface area contributed by atoms with Crippen LogP contribution >= 0.6 is 0 Å². The first-order chi connectivity index (χ1) is 16.6. The fourth-order valence-corrected chi connectivity index (χ4v) is 5.07. The van der Waals surface area contributed by atoms with Gasteiger partial charge in [-0.05, 0) is 48.9 Å². The van der Waals surface area contributed by atoms with Gasteiger partial charge in [0.1, 0.15) is 0 Å². The number of benzene rings is 1. The number of fused-ring (bicyclic) bond motifs is 1. The van der Waals surface area contributed by atoms with Gasteiger partial charge in [-0.1, -0.05) is 24.3 Å². The van der Waals surface area contributed by atoms with Gasteiger partial charge in [-0.3, -0.25) is 14.6 Å². The first kappa shape index (κ1) is 24.4. The third-order valence-electron chi connectivity index (χ3n) is 6.86. The van der Waals surface area contributed by atoms with Gasteiger partial charge in [-0.15, -0.1) is 0 Å². The molecule has 0 bridgehead atoms. The van der Waals surface area contributed by atoms with Crippen molar-refractivity contribution in [2.75, 3.05) is 44.3 Å². The van der Waals surface area contributed by atoms with Gasteiger partial charge in [-0.25, -0.2) is 0 Å². The minimum atomic E-state index is 0.0374. The average molecular weight is 465 g/mol. The maximum atomic E-state index is 13.4. The Morgan fingerprint density at radius 1 is 1.00 bits per heavy atom. The van der Waals surface area contributed by atoms with E-state index in [2.05, 4.69) is 9.88 Å². The summed E-state index contributed by atoms with van der Waals surface area (Å²) >= 11 is 0. The van der Waals surface area contributed by atoms with Gasteiger partial charge in [0.2, 0.25) is 11.8 Å². The molecule has 7 nitrogen and oxygen atoms in total. The van der Waals surface area contributed by atoms with Crippen LogP contribution in [0.1, 0.15) is 43.7 Å². The molecule has 0 spiro atoms. The van der Waals surface area contributed by atoms with E-state index >= 15 is 0 Å². The van der Waals surface area contributed by atoms with Crippen molar-refractivity contribution in [3.05, 3.63) is 59.9 Å². The second-order valence-electron chi connectivity index (χ2n) is 9.24. The molecular formula is C27H36N4O3. The second-order valence-corrected chi connectivity index (χ2v) is 9.24. The van der Waals surface area contributed by atoms with Crippen LogP contribution in [0, 0.1) is 0 Å². The van der Waals surface area contributed by atoms with Crippen LogP contribution in [0.4, 0.5) is 5.69 Å². The molecule has 2 aliphatic rings. The number of aromatic nitrogens is 1. The molecule has 0 saturated carbocycles. The summed E-state index contributed by atoms with van der Waals surface area (Å²) in [6.45, 7) is 7.00. The smallest absolute Gasteiger partial charge is 0.227 e. The maximum Gasteiger partial charge on any atom is 0.227 e. The van der Waals surface area contributed by atoms with Gasteiger partial charge in [-0.2, -0.15) is 0 Å². The summed E-state index contributed by atoms with van der Waals surface area (Å²) in [7, 11) is 0. The Hall–Kier alpha value is -2.77. The largest absolute Gasteiger partial charge is 0.381 e. The molecule has 4 rings (SSSR count). The van der Waals surface area contributed by atoms with Crippen LogP contribution in [0.15, 0.2) is 48.8 Å². The quantitative estimate of drug-likeness (QED) is 0.698. The van der Waals surface area contributed by atoms with Crippen LogP contribution < -0.4 is 4.90 Å². The van der Waals surface area contributed by atoms with Crippen LogP contribution in [0.25, 0.3) is 0 Å². The summed E-state index contributed by atoms with van der Waals surface area (Å²) in [5, 5.41) is 0. The molecule has 0 unspecified atom stereocenters. The zero-order chi connectivity index (χ0) is 23.8. The predicted octanol–water partition coefficient (Wildman–Crippen LogP) is 3.28. The van der Waals surface area contributed by atoms with Crippen molar-refractivity contribution in [1.29, 1.82) is 0 Å². The summed E-state index contributed by atoms with van der Waals surface area (Å²) in [6, 6.07) is 12.3. The average Bonchev–Trinajstić information content (AvgIpc) is 2.85. The third-order valence-corrected chi connectivity index (χ3v) is 6.86. The number of rotatable bonds is 3. The third kappa shape index (κ3) is 6.42. The molecule has 182 valence electrons. The van der Waals surface area contributed by atoms with Crippen molar-refractivity contribution in [3.63, 3.8) is 0 Å². The minimum Gasteiger partial charge on any atom is -0.381 e. The number of carbonyl (C=O) groups excluding carboxylic acids is 2. The van der Waals surface area contributed by atoms with Crippen molar-refractivity contribution >= 4 is 17.5 Å². The molecule has 1 fully saturated rings. The number of anilines is 1. The minimum absolute atomic E-state index is 0.0374. The molecule has 1 aromatic heterocycles. The molecule has 2 amide bonds. The summed E-state index contributed by atoms with van der Waals surface area (Å²) in [5.41, 5.74) is 2.84. The van der Waals surface area contributed by atoms with E-state index in [0.717, 1.165) is 68.8 Å². The molecule has 3 heterocycles. The highest BCUT2D eigenvalue weighted by Crippen LogP contribution is 2.25. The fourth-order valence-electron chi connectivity index (χ4n) is 5.07. The predicted molar refractivity (Wildman–Crippen MR) is 132 cm³/mol. The van der Waals surface area contributed by atoms with Crippen molar-refractivity contribution in [3.8, 4) is 0 Å². The highest BCUT2D eigenvalue weighted by atomic mass is 16.5. The summed E-state index contributed by atoms with van der Waals surface area (Å²) < 4.78 is 5.58. The highest BCUT2D eigenvalue weighted by Gasteiger charge is 2.25. The molecule has 0 atom stereocenters. The van der Waals surface area contributed by atoms with Crippen LogP contribution in [0.3, 0.4) is 0 Å². The van der Waals surface area contributed by atoms with Gasteiger partial charge in [0.05, 0.1) is 6.42 Å². The molecule has 2 aromatic rings. The van der Waals surface area contributed by atoms with Gasteiger partial charge in [0.25, 0.3) is 0 Å². The fraction of sp³-hybridized carbons (Fsp3) is 0.519. The number of amides is 2. The zero-order valence-corrected chi connectivity index (χ0v) is 20.2.